The lowest BCUT2D eigenvalue weighted by atomic mass is 9.86. The SMILES string of the molecule is CCC(C)n1nccc1NC(=O)CC1CC2CCC1C2. The summed E-state index contributed by atoms with van der Waals surface area (Å²) < 4.78 is 1.92. The summed E-state index contributed by atoms with van der Waals surface area (Å²) in [5.41, 5.74) is 0. The van der Waals surface area contributed by atoms with Gasteiger partial charge in [-0.3, -0.25) is 4.79 Å². The molecule has 1 heterocycles. The van der Waals surface area contributed by atoms with Gasteiger partial charge >= 0.3 is 0 Å². The van der Waals surface area contributed by atoms with Gasteiger partial charge in [0.1, 0.15) is 5.82 Å². The van der Waals surface area contributed by atoms with Crippen LogP contribution < -0.4 is 5.32 Å². The lowest BCUT2D eigenvalue weighted by molar-refractivity contribution is -0.117. The quantitative estimate of drug-likeness (QED) is 0.892. The van der Waals surface area contributed by atoms with Crippen molar-refractivity contribution >= 4 is 11.7 Å². The molecule has 3 rings (SSSR count). The van der Waals surface area contributed by atoms with Crippen LogP contribution in [0.15, 0.2) is 12.3 Å². The van der Waals surface area contributed by atoms with Crippen LogP contribution >= 0.6 is 0 Å². The molecule has 2 aliphatic carbocycles. The molecule has 4 nitrogen and oxygen atoms in total. The molecule has 0 radical (unpaired) electrons. The van der Waals surface area contributed by atoms with Crippen molar-refractivity contribution in [1.29, 1.82) is 0 Å². The minimum Gasteiger partial charge on any atom is -0.311 e. The molecule has 0 aromatic carbocycles. The number of carbonyl (C=O) groups excluding carboxylic acids is 1. The topological polar surface area (TPSA) is 46.9 Å². The molecular weight excluding hydrogens is 250 g/mol. The van der Waals surface area contributed by atoms with E-state index in [9.17, 15) is 4.79 Å². The van der Waals surface area contributed by atoms with E-state index < -0.39 is 0 Å². The van der Waals surface area contributed by atoms with Gasteiger partial charge in [-0.15, -0.1) is 0 Å². The Kier molecular flexibility index (Phi) is 3.81. The molecule has 4 unspecified atom stereocenters. The number of nitrogens with one attached hydrogen (secondary N) is 1. The Morgan fingerprint density at radius 1 is 1.50 bits per heavy atom. The third-order valence-electron chi connectivity index (χ3n) is 5.28. The molecule has 4 heteroatoms. The van der Waals surface area contributed by atoms with Gasteiger partial charge < -0.3 is 5.32 Å². The summed E-state index contributed by atoms with van der Waals surface area (Å²) in [5.74, 6) is 3.34. The summed E-state index contributed by atoms with van der Waals surface area (Å²) in [6.45, 7) is 4.26. The van der Waals surface area contributed by atoms with Gasteiger partial charge in [-0.25, -0.2) is 4.68 Å². The molecule has 0 aliphatic heterocycles. The number of hydrogen-bond acceptors (Lipinski definition) is 2. The second-order valence-corrected chi connectivity index (χ2v) is 6.61. The van der Waals surface area contributed by atoms with Crippen molar-refractivity contribution in [3.63, 3.8) is 0 Å². The van der Waals surface area contributed by atoms with Gasteiger partial charge in [0.05, 0.1) is 12.2 Å². The second-order valence-electron chi connectivity index (χ2n) is 6.61. The Bertz CT molecular complexity index is 482. The first kappa shape index (κ1) is 13.7. The lowest BCUT2D eigenvalue weighted by Crippen LogP contribution is -2.22. The fraction of sp³-hybridized carbons (Fsp3) is 0.750. The summed E-state index contributed by atoms with van der Waals surface area (Å²) in [6.07, 6.45) is 8.82. The van der Waals surface area contributed by atoms with E-state index in [0.29, 0.717) is 18.4 Å². The smallest absolute Gasteiger partial charge is 0.225 e. The first-order valence-corrected chi connectivity index (χ1v) is 8.00. The summed E-state index contributed by atoms with van der Waals surface area (Å²) >= 11 is 0. The van der Waals surface area contributed by atoms with Crippen LogP contribution in [0.4, 0.5) is 5.82 Å². The molecule has 1 aromatic heterocycles. The fourth-order valence-corrected chi connectivity index (χ4v) is 4.00. The maximum atomic E-state index is 12.3. The highest BCUT2D eigenvalue weighted by Gasteiger charge is 2.40. The van der Waals surface area contributed by atoms with Crippen LogP contribution in [0.2, 0.25) is 0 Å². The molecule has 0 saturated heterocycles. The van der Waals surface area contributed by atoms with E-state index in [4.69, 9.17) is 0 Å². The molecule has 4 atom stereocenters. The molecule has 110 valence electrons. The first-order valence-electron chi connectivity index (χ1n) is 8.00. The summed E-state index contributed by atoms with van der Waals surface area (Å²) in [4.78, 5) is 12.3. The van der Waals surface area contributed by atoms with Crippen LogP contribution in [0.3, 0.4) is 0 Å². The predicted octanol–water partition coefficient (Wildman–Crippen LogP) is 3.62. The Morgan fingerprint density at radius 2 is 2.35 bits per heavy atom. The molecule has 2 saturated carbocycles. The molecule has 20 heavy (non-hydrogen) atoms. The average molecular weight is 275 g/mol. The second kappa shape index (κ2) is 5.58. The summed E-state index contributed by atoms with van der Waals surface area (Å²) in [7, 11) is 0. The maximum absolute atomic E-state index is 12.3. The molecule has 1 N–H and O–H groups in total. The highest BCUT2D eigenvalue weighted by molar-refractivity contribution is 5.90. The zero-order chi connectivity index (χ0) is 14.1. The van der Waals surface area contributed by atoms with Crippen molar-refractivity contribution in [3.05, 3.63) is 12.3 Å². The van der Waals surface area contributed by atoms with Crippen molar-refractivity contribution in [3.8, 4) is 0 Å². The number of amides is 1. The van der Waals surface area contributed by atoms with E-state index in [1.54, 1.807) is 6.20 Å². The number of carbonyl (C=O) groups is 1. The largest absolute Gasteiger partial charge is 0.311 e. The molecule has 1 aromatic rings. The average Bonchev–Trinajstić information content (AvgIpc) is 3.13. The van der Waals surface area contributed by atoms with Crippen LogP contribution in [-0.4, -0.2) is 15.7 Å². The van der Waals surface area contributed by atoms with E-state index in [-0.39, 0.29) is 5.91 Å². The molecular formula is C16H25N3O. The normalized spacial score (nSPS) is 29.6. The molecule has 2 fully saturated rings. The minimum atomic E-state index is 0.160. The Labute approximate surface area is 120 Å². The van der Waals surface area contributed by atoms with Gasteiger partial charge in [0.15, 0.2) is 0 Å². The minimum absolute atomic E-state index is 0.160. The van der Waals surface area contributed by atoms with E-state index in [2.05, 4.69) is 24.3 Å². The van der Waals surface area contributed by atoms with Crippen molar-refractivity contribution < 1.29 is 4.79 Å². The van der Waals surface area contributed by atoms with Gasteiger partial charge in [-0.1, -0.05) is 13.3 Å². The highest BCUT2D eigenvalue weighted by Crippen LogP contribution is 2.49. The van der Waals surface area contributed by atoms with Crippen LogP contribution in [0.25, 0.3) is 0 Å². The summed E-state index contributed by atoms with van der Waals surface area (Å²) in [6, 6.07) is 2.22. The van der Waals surface area contributed by atoms with Crippen LogP contribution in [0.5, 0.6) is 0 Å². The first-order chi connectivity index (χ1) is 9.67. The van der Waals surface area contributed by atoms with E-state index in [1.807, 2.05) is 10.7 Å². The van der Waals surface area contributed by atoms with E-state index in [1.165, 1.54) is 25.7 Å². The number of hydrogen-bond donors (Lipinski definition) is 1. The molecule has 2 aliphatic rings. The fourth-order valence-electron chi connectivity index (χ4n) is 4.00. The third kappa shape index (κ3) is 2.60. The van der Waals surface area contributed by atoms with Gasteiger partial charge in [0.2, 0.25) is 5.91 Å². The van der Waals surface area contributed by atoms with Gasteiger partial charge in [-0.05, 0) is 50.4 Å². The lowest BCUT2D eigenvalue weighted by Gasteiger charge is -2.21. The Hall–Kier alpha value is -1.32. The molecule has 1 amide bonds. The van der Waals surface area contributed by atoms with Gasteiger partial charge in [0, 0.05) is 12.5 Å². The number of aromatic nitrogens is 2. The third-order valence-corrected chi connectivity index (χ3v) is 5.28. The Balaban J connectivity index is 1.58. The van der Waals surface area contributed by atoms with Crippen molar-refractivity contribution in [2.24, 2.45) is 17.8 Å². The Morgan fingerprint density at radius 3 is 3.00 bits per heavy atom. The zero-order valence-electron chi connectivity index (χ0n) is 12.5. The van der Waals surface area contributed by atoms with Crippen LogP contribution in [-0.2, 0) is 4.79 Å². The number of rotatable bonds is 5. The number of nitrogens with zero attached hydrogens (tertiary/aromatic N) is 2. The van der Waals surface area contributed by atoms with Gasteiger partial charge in [-0.2, -0.15) is 5.10 Å². The molecule has 0 spiro atoms. The predicted molar refractivity (Wildman–Crippen MR) is 79.4 cm³/mol. The zero-order valence-corrected chi connectivity index (χ0v) is 12.5. The van der Waals surface area contributed by atoms with E-state index in [0.717, 1.165) is 24.1 Å². The molecule has 2 bridgehead atoms. The standard InChI is InChI=1S/C16H25N3O/c1-3-11(2)19-15(6-7-17-19)18-16(20)10-14-9-12-4-5-13(14)8-12/h6-7,11-14H,3-5,8-10H2,1-2H3,(H,18,20). The van der Waals surface area contributed by atoms with Crippen molar-refractivity contribution in [1.82, 2.24) is 9.78 Å². The summed E-state index contributed by atoms with van der Waals surface area (Å²) in [5, 5.41) is 7.37. The van der Waals surface area contributed by atoms with Crippen molar-refractivity contribution in [2.75, 3.05) is 5.32 Å². The van der Waals surface area contributed by atoms with Crippen molar-refractivity contribution in [2.45, 2.75) is 58.4 Å². The number of anilines is 1. The van der Waals surface area contributed by atoms with Crippen LogP contribution in [0, 0.1) is 17.8 Å². The number of fused-ring (bicyclic) bond motifs is 2. The van der Waals surface area contributed by atoms with Gasteiger partial charge in [0.25, 0.3) is 0 Å². The van der Waals surface area contributed by atoms with E-state index >= 15 is 0 Å². The monoisotopic (exact) mass is 275 g/mol. The maximum Gasteiger partial charge on any atom is 0.225 e. The highest BCUT2D eigenvalue weighted by atomic mass is 16.1. The van der Waals surface area contributed by atoms with Crippen LogP contribution in [0.1, 0.15) is 58.4 Å².